The third-order valence-electron chi connectivity index (χ3n) is 3.26. The molecule has 0 aromatic heterocycles. The molecule has 0 amide bonds. The summed E-state index contributed by atoms with van der Waals surface area (Å²) in [5.41, 5.74) is 1.07. The van der Waals surface area contributed by atoms with Crippen LogP contribution in [0.3, 0.4) is 0 Å². The van der Waals surface area contributed by atoms with E-state index in [1.807, 2.05) is 38.1 Å². The lowest BCUT2D eigenvalue weighted by atomic mass is 9.95. The summed E-state index contributed by atoms with van der Waals surface area (Å²) in [6.45, 7) is 4.71. The number of benzene rings is 1. The third-order valence-corrected chi connectivity index (χ3v) is 3.26. The van der Waals surface area contributed by atoms with Crippen LogP contribution in [0, 0.1) is 11.8 Å². The molecule has 0 radical (unpaired) electrons. The maximum atomic E-state index is 9.90. The fourth-order valence-electron chi connectivity index (χ4n) is 1.85. The normalized spacial score (nSPS) is 15.8. The van der Waals surface area contributed by atoms with Gasteiger partial charge in [0.25, 0.3) is 0 Å². The second-order valence-electron chi connectivity index (χ2n) is 4.99. The van der Waals surface area contributed by atoms with Crippen LogP contribution in [0.1, 0.15) is 19.4 Å². The highest BCUT2D eigenvalue weighted by Crippen LogP contribution is 2.15. The largest absolute Gasteiger partial charge is 0.497 e. The first kappa shape index (κ1) is 16.0. The van der Waals surface area contributed by atoms with Crippen LogP contribution in [0.2, 0.25) is 0 Å². The van der Waals surface area contributed by atoms with Crippen molar-refractivity contribution in [2.45, 2.75) is 26.6 Å². The molecule has 4 heteroatoms. The van der Waals surface area contributed by atoms with Crippen LogP contribution >= 0.6 is 0 Å². The van der Waals surface area contributed by atoms with E-state index in [-0.39, 0.29) is 18.4 Å². The number of aliphatic hydroxyl groups is 2. The van der Waals surface area contributed by atoms with Crippen molar-refractivity contribution in [2.24, 2.45) is 11.8 Å². The van der Waals surface area contributed by atoms with E-state index in [0.717, 1.165) is 11.3 Å². The highest BCUT2D eigenvalue weighted by Gasteiger charge is 2.20. The predicted molar refractivity (Wildman–Crippen MR) is 74.1 cm³/mol. The summed E-state index contributed by atoms with van der Waals surface area (Å²) in [5.74, 6) is 0.698. The van der Waals surface area contributed by atoms with Gasteiger partial charge in [-0.1, -0.05) is 26.0 Å². The van der Waals surface area contributed by atoms with Crippen LogP contribution in [0.25, 0.3) is 0 Å². The molecule has 0 heterocycles. The van der Waals surface area contributed by atoms with Gasteiger partial charge in [-0.2, -0.15) is 0 Å². The van der Waals surface area contributed by atoms with Crippen LogP contribution < -0.4 is 4.74 Å². The zero-order valence-corrected chi connectivity index (χ0v) is 11.9. The maximum Gasteiger partial charge on any atom is 0.118 e. The molecule has 108 valence electrons. The van der Waals surface area contributed by atoms with E-state index in [9.17, 15) is 5.11 Å². The van der Waals surface area contributed by atoms with Gasteiger partial charge >= 0.3 is 0 Å². The van der Waals surface area contributed by atoms with Crippen molar-refractivity contribution in [1.29, 1.82) is 0 Å². The lowest BCUT2D eigenvalue weighted by Crippen LogP contribution is -2.30. The molecule has 4 nitrogen and oxygen atoms in total. The van der Waals surface area contributed by atoms with Gasteiger partial charge in [-0.3, -0.25) is 0 Å². The second kappa shape index (κ2) is 8.15. The van der Waals surface area contributed by atoms with Crippen molar-refractivity contribution in [3.63, 3.8) is 0 Å². The minimum atomic E-state index is -0.541. The minimum absolute atomic E-state index is 0.000369. The SMILES string of the molecule is COc1ccc(COC[C@@H](C)[C@@H](O)[C@H](C)CO)cc1. The van der Waals surface area contributed by atoms with Gasteiger partial charge in [-0.05, 0) is 17.7 Å². The van der Waals surface area contributed by atoms with Gasteiger partial charge in [0.05, 0.1) is 26.4 Å². The summed E-state index contributed by atoms with van der Waals surface area (Å²) in [4.78, 5) is 0. The first-order chi connectivity index (χ1) is 9.08. The standard InChI is InChI=1S/C15H24O4/c1-11(8-16)15(17)12(2)9-19-10-13-4-6-14(18-3)7-5-13/h4-7,11-12,15-17H,8-10H2,1-3H3/t11-,12-,15+/m1/s1. The molecule has 0 aliphatic heterocycles. The van der Waals surface area contributed by atoms with Crippen molar-refractivity contribution in [2.75, 3.05) is 20.3 Å². The molecule has 1 aromatic carbocycles. The molecule has 0 unspecified atom stereocenters. The van der Waals surface area contributed by atoms with Gasteiger partial charge in [0, 0.05) is 18.4 Å². The van der Waals surface area contributed by atoms with Crippen molar-refractivity contribution >= 4 is 0 Å². The number of hydrogen-bond acceptors (Lipinski definition) is 4. The molecule has 2 N–H and O–H groups in total. The topological polar surface area (TPSA) is 58.9 Å². The molecule has 1 rings (SSSR count). The minimum Gasteiger partial charge on any atom is -0.497 e. The third kappa shape index (κ3) is 5.19. The highest BCUT2D eigenvalue weighted by atomic mass is 16.5. The average Bonchev–Trinajstić information content (AvgIpc) is 2.46. The molecule has 1 aromatic rings. The van der Waals surface area contributed by atoms with Crippen LogP contribution in [0.15, 0.2) is 24.3 Å². The van der Waals surface area contributed by atoms with Gasteiger partial charge in [0.15, 0.2) is 0 Å². The Morgan fingerprint density at radius 2 is 1.74 bits per heavy atom. The van der Waals surface area contributed by atoms with Gasteiger partial charge in [-0.25, -0.2) is 0 Å². The van der Waals surface area contributed by atoms with Crippen molar-refractivity contribution in [1.82, 2.24) is 0 Å². The van der Waals surface area contributed by atoms with E-state index in [1.165, 1.54) is 0 Å². The summed E-state index contributed by atoms with van der Waals surface area (Å²) in [6.07, 6.45) is -0.541. The Kier molecular flexibility index (Phi) is 6.84. The number of rotatable bonds is 8. The fraction of sp³-hybridized carbons (Fsp3) is 0.600. The number of hydrogen-bond donors (Lipinski definition) is 2. The van der Waals surface area contributed by atoms with E-state index in [0.29, 0.717) is 13.2 Å². The first-order valence-electron chi connectivity index (χ1n) is 6.58. The molecule has 0 bridgehead atoms. The Labute approximate surface area is 115 Å². The molecule has 0 spiro atoms. The van der Waals surface area contributed by atoms with Crippen LogP contribution in [-0.2, 0) is 11.3 Å². The summed E-state index contributed by atoms with van der Waals surface area (Å²) < 4.78 is 10.7. The van der Waals surface area contributed by atoms with Crippen molar-refractivity contribution in [3.8, 4) is 5.75 Å². The zero-order valence-electron chi connectivity index (χ0n) is 11.9. The Balaban J connectivity index is 2.32. The lowest BCUT2D eigenvalue weighted by Gasteiger charge is -2.23. The van der Waals surface area contributed by atoms with Crippen LogP contribution in [-0.4, -0.2) is 36.6 Å². The molecule has 19 heavy (non-hydrogen) atoms. The number of aliphatic hydroxyl groups excluding tert-OH is 2. The maximum absolute atomic E-state index is 9.90. The quantitative estimate of drug-likeness (QED) is 0.755. The highest BCUT2D eigenvalue weighted by molar-refractivity contribution is 5.26. The summed E-state index contributed by atoms with van der Waals surface area (Å²) in [7, 11) is 1.64. The van der Waals surface area contributed by atoms with E-state index in [4.69, 9.17) is 14.6 Å². The van der Waals surface area contributed by atoms with Gasteiger partial charge in [0.2, 0.25) is 0 Å². The Morgan fingerprint density at radius 1 is 1.11 bits per heavy atom. The molecule has 0 fully saturated rings. The van der Waals surface area contributed by atoms with E-state index in [2.05, 4.69) is 0 Å². The molecule has 0 aliphatic carbocycles. The number of methoxy groups -OCH3 is 1. The van der Waals surface area contributed by atoms with Gasteiger partial charge in [-0.15, -0.1) is 0 Å². The molecule has 0 saturated carbocycles. The van der Waals surface area contributed by atoms with Crippen molar-refractivity contribution in [3.05, 3.63) is 29.8 Å². The van der Waals surface area contributed by atoms with Gasteiger partial charge < -0.3 is 19.7 Å². The average molecular weight is 268 g/mol. The summed E-state index contributed by atoms with van der Waals surface area (Å²) in [6, 6.07) is 7.70. The van der Waals surface area contributed by atoms with E-state index >= 15 is 0 Å². The van der Waals surface area contributed by atoms with E-state index in [1.54, 1.807) is 7.11 Å². The molecule has 3 atom stereocenters. The summed E-state index contributed by atoms with van der Waals surface area (Å²) >= 11 is 0. The predicted octanol–water partition coefficient (Wildman–Crippen LogP) is 1.84. The second-order valence-corrected chi connectivity index (χ2v) is 4.99. The lowest BCUT2D eigenvalue weighted by molar-refractivity contribution is -0.00902. The monoisotopic (exact) mass is 268 g/mol. The van der Waals surface area contributed by atoms with E-state index < -0.39 is 6.10 Å². The van der Waals surface area contributed by atoms with Crippen LogP contribution in [0.4, 0.5) is 0 Å². The number of ether oxygens (including phenoxy) is 2. The van der Waals surface area contributed by atoms with Crippen LogP contribution in [0.5, 0.6) is 5.75 Å². The van der Waals surface area contributed by atoms with Gasteiger partial charge in [0.1, 0.15) is 5.75 Å². The molecular weight excluding hydrogens is 244 g/mol. The molecular formula is C15H24O4. The Hall–Kier alpha value is -1.10. The summed E-state index contributed by atoms with van der Waals surface area (Å²) in [5, 5.41) is 18.9. The fourth-order valence-corrected chi connectivity index (χ4v) is 1.85. The Bertz CT molecular complexity index is 350. The first-order valence-corrected chi connectivity index (χ1v) is 6.58. The Morgan fingerprint density at radius 3 is 2.26 bits per heavy atom. The molecule has 0 aliphatic rings. The smallest absolute Gasteiger partial charge is 0.118 e. The van der Waals surface area contributed by atoms with Crippen molar-refractivity contribution < 1.29 is 19.7 Å². The zero-order chi connectivity index (χ0) is 14.3. The molecule has 0 saturated heterocycles.